The third-order valence-corrected chi connectivity index (χ3v) is 6.37. The van der Waals surface area contributed by atoms with E-state index < -0.39 is 11.7 Å². The molecule has 0 radical (unpaired) electrons. The highest BCUT2D eigenvalue weighted by Crippen LogP contribution is 2.31. The molecule has 0 aliphatic heterocycles. The third kappa shape index (κ3) is 5.61. The second-order valence-corrected chi connectivity index (χ2v) is 10.5. The highest BCUT2D eigenvalue weighted by atomic mass is 35.5. The number of carbonyl (C=O) groups excluding carboxylic acids is 1. The summed E-state index contributed by atoms with van der Waals surface area (Å²) in [6.45, 7) is 9.49. The summed E-state index contributed by atoms with van der Waals surface area (Å²) in [5.41, 5.74) is 0.478. The van der Waals surface area contributed by atoms with Gasteiger partial charge >= 0.3 is 6.09 Å². The maximum atomic E-state index is 12.3. The first kappa shape index (κ1) is 21.9. The average molecular weight is 454 g/mol. The van der Waals surface area contributed by atoms with Crippen LogP contribution in [0, 0.1) is 5.92 Å². The van der Waals surface area contributed by atoms with Crippen molar-refractivity contribution in [3.05, 3.63) is 40.7 Å². The fourth-order valence-electron chi connectivity index (χ4n) is 2.59. The van der Waals surface area contributed by atoms with Crippen LogP contribution in [-0.4, -0.2) is 31.5 Å². The summed E-state index contributed by atoms with van der Waals surface area (Å²) in [6.07, 6.45) is -0.489. The van der Waals surface area contributed by atoms with Gasteiger partial charge in [0.05, 0.1) is 6.04 Å². The number of halogens is 1. The van der Waals surface area contributed by atoms with E-state index in [1.54, 1.807) is 16.3 Å². The maximum Gasteiger partial charge on any atom is 0.408 e. The number of ether oxygens (including phenoxy) is 1. The van der Waals surface area contributed by atoms with Gasteiger partial charge in [0, 0.05) is 10.8 Å². The van der Waals surface area contributed by atoms with Crippen LogP contribution < -0.4 is 5.32 Å². The molecule has 1 N–H and O–H groups in total. The number of alkyl carbamates (subject to hydrolysis) is 1. The second-order valence-electron chi connectivity index (χ2n) is 7.87. The van der Waals surface area contributed by atoms with E-state index in [2.05, 4.69) is 20.6 Å². The minimum atomic E-state index is -0.574. The van der Waals surface area contributed by atoms with Crippen LogP contribution in [0.3, 0.4) is 0 Å². The van der Waals surface area contributed by atoms with Gasteiger partial charge in [-0.3, -0.25) is 0 Å². The Bertz CT molecular complexity index is 996. The molecule has 0 saturated carbocycles. The predicted octanol–water partition coefficient (Wildman–Crippen LogP) is 5.35. The van der Waals surface area contributed by atoms with Crippen LogP contribution in [0.1, 0.15) is 52.0 Å². The fourth-order valence-corrected chi connectivity index (χ4v) is 4.75. The fraction of sp³-hybridized carbons (Fsp3) is 0.474. The van der Waals surface area contributed by atoms with E-state index in [0.29, 0.717) is 16.5 Å². The van der Waals surface area contributed by atoms with Crippen molar-refractivity contribution in [1.82, 2.24) is 25.1 Å². The van der Waals surface area contributed by atoms with Gasteiger partial charge in [0.1, 0.15) is 5.60 Å². The Kier molecular flexibility index (Phi) is 6.70. The first-order chi connectivity index (χ1) is 13.6. The normalized spacial score (nSPS) is 13.1. The van der Waals surface area contributed by atoms with Crippen LogP contribution in [0.15, 0.2) is 28.6 Å². The Morgan fingerprint density at radius 3 is 2.69 bits per heavy atom. The largest absolute Gasteiger partial charge is 0.444 e. The highest BCUT2D eigenvalue weighted by Gasteiger charge is 2.27. The zero-order valence-corrected chi connectivity index (χ0v) is 19.4. The second kappa shape index (κ2) is 8.89. The summed E-state index contributed by atoms with van der Waals surface area (Å²) in [5.74, 6) is 1.38. The number of rotatable bonds is 6. The molecule has 0 bridgehead atoms. The molecule has 1 unspecified atom stereocenters. The van der Waals surface area contributed by atoms with Crippen molar-refractivity contribution in [3.63, 3.8) is 0 Å². The van der Waals surface area contributed by atoms with Gasteiger partial charge in [-0.25, -0.2) is 4.79 Å². The van der Waals surface area contributed by atoms with Gasteiger partial charge in [-0.05, 0) is 38.3 Å². The average Bonchev–Trinajstić information content (AvgIpc) is 3.17. The maximum absolute atomic E-state index is 12.3. The molecule has 0 spiro atoms. The molecule has 0 saturated heterocycles. The minimum Gasteiger partial charge on any atom is -0.444 e. The number of amides is 1. The molecule has 0 fully saturated rings. The number of carbonyl (C=O) groups is 1. The number of hydrogen-bond donors (Lipinski definition) is 1. The van der Waals surface area contributed by atoms with Gasteiger partial charge in [0.2, 0.25) is 4.96 Å². The molecule has 7 nitrogen and oxygen atoms in total. The van der Waals surface area contributed by atoms with Crippen LogP contribution in [0.25, 0.3) is 4.96 Å². The molecule has 156 valence electrons. The Hall–Kier alpha value is -1.84. The Morgan fingerprint density at radius 1 is 1.31 bits per heavy atom. The molecule has 2 heterocycles. The number of aromatic nitrogens is 4. The molecule has 3 aromatic rings. The van der Waals surface area contributed by atoms with E-state index in [1.807, 2.05) is 58.9 Å². The van der Waals surface area contributed by atoms with E-state index in [1.165, 1.54) is 11.3 Å². The first-order valence-corrected chi connectivity index (χ1v) is 11.4. The molecule has 29 heavy (non-hydrogen) atoms. The SMILES string of the molecule is CC(C)C(NC(=O)OC(C)(C)C)c1nnc2sc(SCc3ccccc3Cl)nn12. The summed E-state index contributed by atoms with van der Waals surface area (Å²) in [4.78, 5) is 13.0. The lowest BCUT2D eigenvalue weighted by Gasteiger charge is -2.24. The van der Waals surface area contributed by atoms with E-state index >= 15 is 0 Å². The summed E-state index contributed by atoms with van der Waals surface area (Å²) < 4.78 is 7.94. The summed E-state index contributed by atoms with van der Waals surface area (Å²) in [5, 5.41) is 16.8. The minimum absolute atomic E-state index is 0.0795. The molecular formula is C19H24ClN5O2S2. The van der Waals surface area contributed by atoms with Gasteiger partial charge in [0.25, 0.3) is 0 Å². The lowest BCUT2D eigenvalue weighted by Crippen LogP contribution is -2.37. The summed E-state index contributed by atoms with van der Waals surface area (Å²) in [7, 11) is 0. The zero-order chi connectivity index (χ0) is 21.2. The Balaban J connectivity index is 1.78. The van der Waals surface area contributed by atoms with E-state index in [9.17, 15) is 4.79 Å². The van der Waals surface area contributed by atoms with E-state index in [-0.39, 0.29) is 12.0 Å². The van der Waals surface area contributed by atoms with Gasteiger partial charge in [0.15, 0.2) is 10.2 Å². The lowest BCUT2D eigenvalue weighted by atomic mass is 10.0. The Labute approximate surface area is 183 Å². The topological polar surface area (TPSA) is 81.4 Å². The molecule has 0 aliphatic rings. The Morgan fingerprint density at radius 2 is 2.03 bits per heavy atom. The van der Waals surface area contributed by atoms with Crippen molar-refractivity contribution >= 4 is 45.8 Å². The van der Waals surface area contributed by atoms with Gasteiger partial charge in [-0.1, -0.05) is 66.7 Å². The summed E-state index contributed by atoms with van der Waals surface area (Å²) >= 11 is 9.28. The monoisotopic (exact) mass is 453 g/mol. The standard InChI is InChI=1S/C19H24ClN5O2S2/c1-11(2)14(21-17(26)27-19(3,4)5)15-22-23-16-25(15)24-18(29-16)28-10-12-8-6-7-9-13(12)20/h6-9,11,14H,10H2,1-5H3,(H,21,26). The number of nitrogens with zero attached hydrogens (tertiary/aromatic N) is 4. The molecule has 2 aromatic heterocycles. The number of benzene rings is 1. The van der Waals surface area contributed by atoms with Crippen LogP contribution in [-0.2, 0) is 10.5 Å². The van der Waals surface area contributed by atoms with Crippen LogP contribution in [0.5, 0.6) is 0 Å². The number of hydrogen-bond acceptors (Lipinski definition) is 7. The van der Waals surface area contributed by atoms with Crippen molar-refractivity contribution in [1.29, 1.82) is 0 Å². The van der Waals surface area contributed by atoms with Crippen molar-refractivity contribution in [2.75, 3.05) is 0 Å². The number of thioether (sulfide) groups is 1. The van der Waals surface area contributed by atoms with Crippen LogP contribution >= 0.6 is 34.7 Å². The molecule has 1 amide bonds. The van der Waals surface area contributed by atoms with Crippen LogP contribution in [0.2, 0.25) is 5.02 Å². The zero-order valence-electron chi connectivity index (χ0n) is 17.0. The quantitative estimate of drug-likeness (QED) is 0.506. The number of fused-ring (bicyclic) bond motifs is 1. The summed E-state index contributed by atoms with van der Waals surface area (Å²) in [6, 6.07) is 7.39. The number of nitrogens with one attached hydrogen (secondary N) is 1. The molecule has 1 atom stereocenters. The van der Waals surface area contributed by atoms with Gasteiger partial charge in [-0.2, -0.15) is 4.52 Å². The molecule has 3 rings (SSSR count). The smallest absolute Gasteiger partial charge is 0.408 e. The lowest BCUT2D eigenvalue weighted by molar-refractivity contribution is 0.0486. The highest BCUT2D eigenvalue weighted by molar-refractivity contribution is 8.00. The molecular weight excluding hydrogens is 430 g/mol. The third-order valence-electron chi connectivity index (χ3n) is 3.92. The van der Waals surface area contributed by atoms with Crippen molar-refractivity contribution in [3.8, 4) is 0 Å². The molecule has 10 heteroatoms. The molecule has 1 aromatic carbocycles. The molecule has 0 aliphatic carbocycles. The van der Waals surface area contributed by atoms with E-state index in [4.69, 9.17) is 16.3 Å². The van der Waals surface area contributed by atoms with Gasteiger partial charge < -0.3 is 10.1 Å². The first-order valence-electron chi connectivity index (χ1n) is 9.22. The van der Waals surface area contributed by atoms with E-state index in [0.717, 1.165) is 14.9 Å². The van der Waals surface area contributed by atoms with Crippen LogP contribution in [0.4, 0.5) is 4.79 Å². The van der Waals surface area contributed by atoms with Crippen molar-refractivity contribution in [2.45, 2.75) is 56.4 Å². The van der Waals surface area contributed by atoms with Gasteiger partial charge in [-0.15, -0.1) is 15.3 Å². The predicted molar refractivity (Wildman–Crippen MR) is 117 cm³/mol. The van der Waals surface area contributed by atoms with Crippen molar-refractivity contribution < 1.29 is 9.53 Å². The van der Waals surface area contributed by atoms with Crippen molar-refractivity contribution in [2.24, 2.45) is 5.92 Å².